The molecule has 0 saturated heterocycles. The fourth-order valence-electron chi connectivity index (χ4n) is 5.62. The van der Waals surface area contributed by atoms with E-state index in [0.29, 0.717) is 6.42 Å². The van der Waals surface area contributed by atoms with Gasteiger partial charge in [-0.05, 0) is 38.5 Å². The summed E-state index contributed by atoms with van der Waals surface area (Å²) in [5.74, 6) is -0.949. The van der Waals surface area contributed by atoms with Crippen molar-refractivity contribution >= 4 is 19.8 Å². The van der Waals surface area contributed by atoms with Crippen LogP contribution in [-0.2, 0) is 32.7 Å². The number of rotatable bonds is 38. The SMILES string of the molecule is CC/C=C\C/C=C\C/C=C\C/C=C\C/C=C\CC(=O)OC(COC(=O)CCCCCCCCCCCCCCCCCCCCC)COP(=O)(O)OC. The molecule has 0 aromatic heterocycles. The predicted molar refractivity (Wildman–Crippen MR) is 221 cm³/mol. The zero-order chi connectivity index (χ0) is 38.9. The lowest BCUT2D eigenvalue weighted by atomic mass is 10.0. The molecule has 1 N–H and O–H groups in total. The minimum atomic E-state index is -4.29. The summed E-state index contributed by atoms with van der Waals surface area (Å²) in [7, 11) is -3.24. The number of hydrogen-bond acceptors (Lipinski definition) is 7. The van der Waals surface area contributed by atoms with Gasteiger partial charge in [0.1, 0.15) is 6.61 Å². The van der Waals surface area contributed by atoms with Crippen LogP contribution in [0, 0.1) is 0 Å². The first-order valence-electron chi connectivity index (χ1n) is 21.0. The van der Waals surface area contributed by atoms with Gasteiger partial charge in [-0.1, -0.05) is 190 Å². The summed E-state index contributed by atoms with van der Waals surface area (Å²) in [5, 5.41) is 0. The van der Waals surface area contributed by atoms with E-state index in [1.807, 2.05) is 12.2 Å². The summed E-state index contributed by atoms with van der Waals surface area (Å²) in [6.45, 7) is 3.70. The Labute approximate surface area is 324 Å². The summed E-state index contributed by atoms with van der Waals surface area (Å²) >= 11 is 0. The topological polar surface area (TPSA) is 108 Å². The highest BCUT2D eigenvalue weighted by atomic mass is 31.2. The second-order valence-electron chi connectivity index (χ2n) is 13.8. The minimum Gasteiger partial charge on any atom is -0.462 e. The van der Waals surface area contributed by atoms with Gasteiger partial charge < -0.3 is 14.4 Å². The Morgan fingerprint density at radius 3 is 1.36 bits per heavy atom. The van der Waals surface area contributed by atoms with Crippen molar-refractivity contribution in [2.75, 3.05) is 20.3 Å². The van der Waals surface area contributed by atoms with E-state index in [1.54, 1.807) is 6.08 Å². The second-order valence-corrected chi connectivity index (χ2v) is 15.3. The van der Waals surface area contributed by atoms with Crippen molar-refractivity contribution in [1.82, 2.24) is 0 Å². The Bertz CT molecular complexity index is 1050. The quantitative estimate of drug-likeness (QED) is 0.0286. The lowest BCUT2D eigenvalue weighted by Gasteiger charge is -2.19. The number of carbonyl (C=O) groups is 2. The van der Waals surface area contributed by atoms with Crippen LogP contribution in [0.2, 0.25) is 0 Å². The van der Waals surface area contributed by atoms with Gasteiger partial charge in [0, 0.05) is 13.5 Å². The number of phosphoric ester groups is 1. The van der Waals surface area contributed by atoms with E-state index in [1.165, 1.54) is 103 Å². The largest absolute Gasteiger partial charge is 0.472 e. The summed E-state index contributed by atoms with van der Waals surface area (Å²) in [5.41, 5.74) is 0. The van der Waals surface area contributed by atoms with Gasteiger partial charge >= 0.3 is 19.8 Å². The first-order valence-corrected chi connectivity index (χ1v) is 22.5. The molecule has 0 saturated carbocycles. The predicted octanol–water partition coefficient (Wildman–Crippen LogP) is 13.2. The van der Waals surface area contributed by atoms with Gasteiger partial charge in [0.05, 0.1) is 13.0 Å². The monoisotopic (exact) mass is 765 g/mol. The normalized spacial score (nSPS) is 14.0. The second kappa shape index (κ2) is 39.4. The summed E-state index contributed by atoms with van der Waals surface area (Å²) in [4.78, 5) is 34.4. The molecule has 306 valence electrons. The molecule has 0 amide bonds. The summed E-state index contributed by atoms with van der Waals surface area (Å²) in [6.07, 6.45) is 48.8. The molecule has 0 aromatic rings. The van der Waals surface area contributed by atoms with Crippen LogP contribution < -0.4 is 0 Å². The fourth-order valence-corrected chi connectivity index (χ4v) is 6.08. The third-order valence-corrected chi connectivity index (χ3v) is 9.75. The molecule has 2 atom stereocenters. The molecule has 53 heavy (non-hydrogen) atoms. The molecule has 9 heteroatoms. The number of allylic oxidation sites excluding steroid dienone is 9. The maximum Gasteiger partial charge on any atom is 0.472 e. The van der Waals surface area contributed by atoms with Crippen molar-refractivity contribution in [3.05, 3.63) is 60.8 Å². The maximum atomic E-state index is 12.4. The Kier molecular flexibility index (Phi) is 37.8. The number of esters is 2. The smallest absolute Gasteiger partial charge is 0.462 e. The van der Waals surface area contributed by atoms with Gasteiger partial charge in [0.15, 0.2) is 6.10 Å². The molecule has 0 heterocycles. The number of carbonyl (C=O) groups excluding carboxylic acids is 2. The Morgan fingerprint density at radius 2 is 0.943 bits per heavy atom. The molecule has 0 aliphatic heterocycles. The highest BCUT2D eigenvalue weighted by Crippen LogP contribution is 2.42. The third kappa shape index (κ3) is 39.3. The van der Waals surface area contributed by atoms with Crippen LogP contribution in [0.3, 0.4) is 0 Å². The molecular formula is C44H77O8P. The number of hydrogen-bond donors (Lipinski definition) is 1. The first kappa shape index (κ1) is 50.8. The van der Waals surface area contributed by atoms with Crippen molar-refractivity contribution < 1.29 is 37.6 Å². The molecule has 0 spiro atoms. The van der Waals surface area contributed by atoms with Gasteiger partial charge in [0.2, 0.25) is 0 Å². The Balaban J connectivity index is 4.08. The van der Waals surface area contributed by atoms with Gasteiger partial charge in [-0.25, -0.2) is 4.57 Å². The molecule has 0 aliphatic carbocycles. The van der Waals surface area contributed by atoms with E-state index in [0.717, 1.165) is 52.1 Å². The summed E-state index contributed by atoms with van der Waals surface area (Å²) in [6, 6.07) is 0. The Hall–Kier alpha value is -2.25. The van der Waals surface area contributed by atoms with E-state index >= 15 is 0 Å². The molecule has 0 bridgehead atoms. The Morgan fingerprint density at radius 1 is 0.547 bits per heavy atom. The van der Waals surface area contributed by atoms with Crippen LogP contribution in [0.5, 0.6) is 0 Å². The van der Waals surface area contributed by atoms with Crippen LogP contribution >= 0.6 is 7.82 Å². The van der Waals surface area contributed by atoms with Gasteiger partial charge in [0.25, 0.3) is 0 Å². The van der Waals surface area contributed by atoms with Crippen LogP contribution in [-0.4, -0.2) is 43.3 Å². The molecule has 0 radical (unpaired) electrons. The molecule has 0 fully saturated rings. The third-order valence-electron chi connectivity index (χ3n) is 8.81. The molecule has 2 unspecified atom stereocenters. The van der Waals surface area contributed by atoms with E-state index in [9.17, 15) is 19.0 Å². The van der Waals surface area contributed by atoms with Crippen molar-refractivity contribution in [2.45, 2.75) is 187 Å². The van der Waals surface area contributed by atoms with Crippen molar-refractivity contribution in [3.63, 3.8) is 0 Å². The lowest BCUT2D eigenvalue weighted by Crippen LogP contribution is -2.29. The van der Waals surface area contributed by atoms with Crippen molar-refractivity contribution in [1.29, 1.82) is 0 Å². The minimum absolute atomic E-state index is 0.0123. The average molecular weight is 765 g/mol. The number of ether oxygens (including phenoxy) is 2. The number of unbranched alkanes of at least 4 members (excludes halogenated alkanes) is 18. The van der Waals surface area contributed by atoms with Crippen LogP contribution in [0.1, 0.15) is 181 Å². The molecule has 0 rings (SSSR count). The zero-order valence-electron chi connectivity index (χ0n) is 33.9. The average Bonchev–Trinajstić information content (AvgIpc) is 3.15. The van der Waals surface area contributed by atoms with Crippen LogP contribution in [0.4, 0.5) is 0 Å². The highest BCUT2D eigenvalue weighted by molar-refractivity contribution is 7.47. The van der Waals surface area contributed by atoms with Gasteiger partial charge in [-0.3, -0.25) is 18.6 Å². The van der Waals surface area contributed by atoms with Crippen molar-refractivity contribution in [3.8, 4) is 0 Å². The maximum absolute atomic E-state index is 12.4. The van der Waals surface area contributed by atoms with E-state index < -0.39 is 32.5 Å². The van der Waals surface area contributed by atoms with Crippen molar-refractivity contribution in [2.24, 2.45) is 0 Å². The van der Waals surface area contributed by atoms with Gasteiger partial charge in [-0.2, -0.15) is 0 Å². The van der Waals surface area contributed by atoms with E-state index in [-0.39, 0.29) is 19.4 Å². The number of phosphoric acid groups is 1. The molecule has 8 nitrogen and oxygen atoms in total. The van der Waals surface area contributed by atoms with Gasteiger partial charge in [-0.15, -0.1) is 0 Å². The fraction of sp³-hybridized carbons (Fsp3) is 0.727. The molecule has 0 aliphatic rings. The highest BCUT2D eigenvalue weighted by Gasteiger charge is 2.24. The van der Waals surface area contributed by atoms with Crippen LogP contribution in [0.15, 0.2) is 60.8 Å². The summed E-state index contributed by atoms with van der Waals surface area (Å²) < 4.78 is 31.8. The van der Waals surface area contributed by atoms with Crippen LogP contribution in [0.25, 0.3) is 0 Å². The lowest BCUT2D eigenvalue weighted by molar-refractivity contribution is -0.160. The molecular weight excluding hydrogens is 687 g/mol. The zero-order valence-corrected chi connectivity index (χ0v) is 34.8. The van der Waals surface area contributed by atoms with E-state index in [2.05, 4.69) is 60.9 Å². The standard InChI is InChI=1S/C44H77O8P/c1-4-6-8-10-12-14-16-18-20-21-22-23-25-26-28-30-32-34-36-38-43(45)50-40-42(41-51-53(47,48)49-3)52-44(46)39-37-35-33-31-29-27-24-19-17-15-13-11-9-7-5-2/h7,9,13,15,19,24,29,31,35,37,42H,4-6,8,10-12,14,16-18,20-23,25-28,30,32-34,36,38-41H2,1-3H3,(H,47,48)/b9-7-,15-13-,24-19-,31-29-,37-35-. The van der Waals surface area contributed by atoms with E-state index in [4.69, 9.17) is 14.0 Å². The first-order chi connectivity index (χ1) is 25.8. The molecule has 0 aromatic carbocycles.